The van der Waals surface area contributed by atoms with Crippen LogP contribution in [0, 0.1) is 6.92 Å². The van der Waals surface area contributed by atoms with Gasteiger partial charge in [-0.05, 0) is 36.1 Å². The van der Waals surface area contributed by atoms with Crippen molar-refractivity contribution < 1.29 is 4.79 Å². The van der Waals surface area contributed by atoms with Crippen LogP contribution < -0.4 is 5.32 Å². The molecule has 104 valence electrons. The maximum absolute atomic E-state index is 12.1. The normalized spacial score (nSPS) is 11.9. The Bertz CT molecular complexity index is 595. The van der Waals surface area contributed by atoms with Gasteiger partial charge in [0, 0.05) is 6.54 Å². The first-order valence-corrected chi connectivity index (χ1v) is 7.05. The zero-order chi connectivity index (χ0) is 14.5. The molecule has 0 fully saturated rings. The molecule has 2 rings (SSSR count). The topological polar surface area (TPSA) is 29.1 Å². The molecule has 2 aromatic rings. The standard InChI is InChI=1S/C17H18ClNO/c1-12-8-9-15(16(18)10-12)17(20)19-11-13(2)14-6-4-3-5-7-14/h3-10,13H,11H2,1-2H3,(H,19,20)/t13-/m0/s1. The zero-order valence-electron chi connectivity index (χ0n) is 11.7. The van der Waals surface area contributed by atoms with E-state index in [1.807, 2.05) is 31.2 Å². The molecule has 0 radical (unpaired) electrons. The van der Waals surface area contributed by atoms with Gasteiger partial charge in [-0.3, -0.25) is 4.79 Å². The van der Waals surface area contributed by atoms with Gasteiger partial charge in [0.25, 0.3) is 5.91 Å². The molecule has 0 aliphatic carbocycles. The first-order valence-electron chi connectivity index (χ1n) is 6.67. The lowest BCUT2D eigenvalue weighted by atomic mass is 10.0. The fourth-order valence-corrected chi connectivity index (χ4v) is 2.37. The highest BCUT2D eigenvalue weighted by Gasteiger charge is 2.12. The van der Waals surface area contributed by atoms with Crippen molar-refractivity contribution in [3.63, 3.8) is 0 Å². The smallest absolute Gasteiger partial charge is 0.252 e. The molecule has 20 heavy (non-hydrogen) atoms. The summed E-state index contributed by atoms with van der Waals surface area (Å²) in [5.74, 6) is 0.141. The van der Waals surface area contributed by atoms with Crippen molar-refractivity contribution in [2.45, 2.75) is 19.8 Å². The van der Waals surface area contributed by atoms with E-state index in [0.717, 1.165) is 5.56 Å². The van der Waals surface area contributed by atoms with Gasteiger partial charge < -0.3 is 5.32 Å². The summed E-state index contributed by atoms with van der Waals surface area (Å²) in [5.41, 5.74) is 2.78. The van der Waals surface area contributed by atoms with Gasteiger partial charge in [0.1, 0.15) is 0 Å². The van der Waals surface area contributed by atoms with Crippen molar-refractivity contribution in [2.24, 2.45) is 0 Å². The van der Waals surface area contributed by atoms with Gasteiger partial charge in [0.2, 0.25) is 0 Å². The van der Waals surface area contributed by atoms with Crippen molar-refractivity contribution in [3.05, 3.63) is 70.2 Å². The largest absolute Gasteiger partial charge is 0.351 e. The molecule has 2 aromatic carbocycles. The van der Waals surface area contributed by atoms with Crippen LogP contribution in [0.4, 0.5) is 0 Å². The van der Waals surface area contributed by atoms with Crippen LogP contribution >= 0.6 is 11.6 Å². The molecule has 0 saturated carbocycles. The molecule has 0 spiro atoms. The maximum atomic E-state index is 12.1. The Labute approximate surface area is 124 Å². The van der Waals surface area contributed by atoms with Gasteiger partial charge in [-0.15, -0.1) is 0 Å². The third-order valence-corrected chi connectivity index (χ3v) is 3.62. The molecular formula is C17H18ClNO. The minimum Gasteiger partial charge on any atom is -0.351 e. The molecule has 1 N–H and O–H groups in total. The van der Waals surface area contributed by atoms with E-state index < -0.39 is 0 Å². The van der Waals surface area contributed by atoms with E-state index in [9.17, 15) is 4.79 Å². The summed E-state index contributed by atoms with van der Waals surface area (Å²) in [6.07, 6.45) is 0. The number of nitrogens with one attached hydrogen (secondary N) is 1. The summed E-state index contributed by atoms with van der Waals surface area (Å²) in [5, 5.41) is 3.43. The first-order chi connectivity index (χ1) is 9.58. The van der Waals surface area contributed by atoms with E-state index in [-0.39, 0.29) is 11.8 Å². The van der Waals surface area contributed by atoms with Crippen LogP contribution in [0.1, 0.15) is 34.3 Å². The molecule has 1 atom stereocenters. The molecule has 0 aromatic heterocycles. The Kier molecular flexibility index (Phi) is 4.80. The monoisotopic (exact) mass is 287 g/mol. The summed E-state index contributed by atoms with van der Waals surface area (Å²) in [7, 11) is 0. The third kappa shape index (κ3) is 3.61. The lowest BCUT2D eigenvalue weighted by Crippen LogP contribution is -2.27. The van der Waals surface area contributed by atoms with Crippen LogP contribution in [0.2, 0.25) is 5.02 Å². The number of amides is 1. The van der Waals surface area contributed by atoms with Crippen molar-refractivity contribution >= 4 is 17.5 Å². The number of hydrogen-bond donors (Lipinski definition) is 1. The molecule has 0 heterocycles. The number of carbonyl (C=O) groups excluding carboxylic acids is 1. The Morgan fingerprint density at radius 1 is 1.20 bits per heavy atom. The SMILES string of the molecule is Cc1ccc(C(=O)NC[C@H](C)c2ccccc2)c(Cl)c1. The maximum Gasteiger partial charge on any atom is 0.252 e. The van der Waals surface area contributed by atoms with Crippen molar-refractivity contribution in [3.8, 4) is 0 Å². The average molecular weight is 288 g/mol. The molecule has 0 saturated heterocycles. The van der Waals surface area contributed by atoms with Gasteiger partial charge >= 0.3 is 0 Å². The van der Waals surface area contributed by atoms with Gasteiger partial charge in [-0.25, -0.2) is 0 Å². The van der Waals surface area contributed by atoms with E-state index in [2.05, 4.69) is 24.4 Å². The first kappa shape index (κ1) is 14.6. The molecule has 0 aliphatic rings. The van der Waals surface area contributed by atoms with E-state index in [0.29, 0.717) is 17.1 Å². The summed E-state index contributed by atoms with van der Waals surface area (Å²) in [6.45, 7) is 4.63. The van der Waals surface area contributed by atoms with E-state index >= 15 is 0 Å². The highest BCUT2D eigenvalue weighted by molar-refractivity contribution is 6.33. The van der Waals surface area contributed by atoms with Crippen LogP contribution in [0.25, 0.3) is 0 Å². The highest BCUT2D eigenvalue weighted by Crippen LogP contribution is 2.18. The van der Waals surface area contributed by atoms with E-state index in [4.69, 9.17) is 11.6 Å². The van der Waals surface area contributed by atoms with Crippen LogP contribution in [-0.4, -0.2) is 12.5 Å². The number of benzene rings is 2. The van der Waals surface area contributed by atoms with Gasteiger partial charge in [0.05, 0.1) is 10.6 Å². The predicted octanol–water partition coefficient (Wildman–Crippen LogP) is 4.18. The van der Waals surface area contributed by atoms with Gasteiger partial charge in [-0.1, -0.05) is 54.9 Å². The Morgan fingerprint density at radius 2 is 1.90 bits per heavy atom. The van der Waals surface area contributed by atoms with Crippen molar-refractivity contribution in [1.82, 2.24) is 5.32 Å². The quantitative estimate of drug-likeness (QED) is 0.898. The molecule has 0 unspecified atom stereocenters. The summed E-state index contributed by atoms with van der Waals surface area (Å²) >= 11 is 6.10. The van der Waals surface area contributed by atoms with E-state index in [1.54, 1.807) is 12.1 Å². The van der Waals surface area contributed by atoms with Crippen molar-refractivity contribution in [2.75, 3.05) is 6.54 Å². The zero-order valence-corrected chi connectivity index (χ0v) is 12.4. The summed E-state index contributed by atoms with van der Waals surface area (Å²) in [6, 6.07) is 15.6. The van der Waals surface area contributed by atoms with Gasteiger partial charge in [0.15, 0.2) is 0 Å². The molecule has 2 nitrogen and oxygen atoms in total. The number of carbonyl (C=O) groups is 1. The molecule has 3 heteroatoms. The van der Waals surface area contributed by atoms with Crippen LogP contribution in [-0.2, 0) is 0 Å². The molecule has 0 aliphatic heterocycles. The summed E-state index contributed by atoms with van der Waals surface area (Å²) in [4.78, 5) is 12.1. The Hall–Kier alpha value is -1.80. The molecule has 0 bridgehead atoms. The number of rotatable bonds is 4. The second-order valence-corrected chi connectivity index (χ2v) is 5.41. The highest BCUT2D eigenvalue weighted by atomic mass is 35.5. The van der Waals surface area contributed by atoms with Crippen LogP contribution in [0.15, 0.2) is 48.5 Å². The lowest BCUT2D eigenvalue weighted by Gasteiger charge is -2.13. The lowest BCUT2D eigenvalue weighted by molar-refractivity contribution is 0.0952. The van der Waals surface area contributed by atoms with E-state index in [1.165, 1.54) is 5.56 Å². The van der Waals surface area contributed by atoms with Crippen molar-refractivity contribution in [1.29, 1.82) is 0 Å². The minimum absolute atomic E-state index is 0.127. The Morgan fingerprint density at radius 3 is 2.55 bits per heavy atom. The number of halogens is 1. The second-order valence-electron chi connectivity index (χ2n) is 5.01. The third-order valence-electron chi connectivity index (χ3n) is 3.31. The average Bonchev–Trinajstić information content (AvgIpc) is 2.45. The fourth-order valence-electron chi connectivity index (χ4n) is 2.04. The minimum atomic E-state index is -0.127. The molecule has 1 amide bonds. The fraction of sp³-hybridized carbons (Fsp3) is 0.235. The van der Waals surface area contributed by atoms with Crippen LogP contribution in [0.5, 0.6) is 0 Å². The number of aryl methyl sites for hydroxylation is 1. The second kappa shape index (κ2) is 6.58. The molecular weight excluding hydrogens is 270 g/mol. The summed E-state index contributed by atoms with van der Waals surface area (Å²) < 4.78 is 0. The van der Waals surface area contributed by atoms with Crippen LogP contribution in [0.3, 0.4) is 0 Å². The Balaban J connectivity index is 1.99. The predicted molar refractivity (Wildman–Crippen MR) is 83.4 cm³/mol. The van der Waals surface area contributed by atoms with Gasteiger partial charge in [-0.2, -0.15) is 0 Å². The number of hydrogen-bond acceptors (Lipinski definition) is 1.